The van der Waals surface area contributed by atoms with E-state index in [9.17, 15) is 0 Å². The lowest BCUT2D eigenvalue weighted by Gasteiger charge is -2.07. The first-order valence-corrected chi connectivity index (χ1v) is 9.23. The Morgan fingerprint density at radius 2 is 1.81 bits per heavy atom. The maximum absolute atomic E-state index is 5.88. The lowest BCUT2D eigenvalue weighted by atomic mass is 10.2. The highest BCUT2D eigenvalue weighted by atomic mass is 32.1. The second-order valence-corrected chi connectivity index (χ2v) is 6.46. The van der Waals surface area contributed by atoms with E-state index in [1.54, 1.807) is 18.6 Å². The SMILES string of the molecule is C(=NNc1nc(-c2ccccc2)cs1)c1ccccc1Oc1cccnc1. The summed E-state index contributed by atoms with van der Waals surface area (Å²) in [6.07, 6.45) is 5.10. The van der Waals surface area contributed by atoms with Gasteiger partial charge in [-0.15, -0.1) is 11.3 Å². The monoisotopic (exact) mass is 372 g/mol. The van der Waals surface area contributed by atoms with Crippen LogP contribution in [0, 0.1) is 0 Å². The Labute approximate surface area is 161 Å². The Hall–Kier alpha value is -3.51. The number of pyridine rings is 1. The molecule has 5 nitrogen and oxygen atoms in total. The molecule has 0 amide bonds. The van der Waals surface area contributed by atoms with E-state index < -0.39 is 0 Å². The zero-order valence-electron chi connectivity index (χ0n) is 14.3. The lowest BCUT2D eigenvalue weighted by Crippen LogP contribution is -1.94. The van der Waals surface area contributed by atoms with E-state index in [0.717, 1.165) is 22.0 Å². The van der Waals surface area contributed by atoms with Crippen LogP contribution in [0.4, 0.5) is 5.13 Å². The van der Waals surface area contributed by atoms with Crippen molar-refractivity contribution in [1.82, 2.24) is 9.97 Å². The van der Waals surface area contributed by atoms with Crippen molar-refractivity contribution in [3.05, 3.63) is 90.1 Å². The minimum Gasteiger partial charge on any atom is -0.455 e. The highest BCUT2D eigenvalue weighted by molar-refractivity contribution is 7.14. The summed E-state index contributed by atoms with van der Waals surface area (Å²) in [7, 11) is 0. The van der Waals surface area contributed by atoms with E-state index in [1.807, 2.05) is 72.1 Å². The first-order valence-electron chi connectivity index (χ1n) is 8.35. The number of ether oxygens (including phenoxy) is 1. The number of nitrogens with one attached hydrogen (secondary N) is 1. The van der Waals surface area contributed by atoms with Gasteiger partial charge in [-0.25, -0.2) is 4.98 Å². The van der Waals surface area contributed by atoms with Crippen molar-refractivity contribution in [2.24, 2.45) is 5.10 Å². The molecule has 2 aromatic carbocycles. The van der Waals surface area contributed by atoms with Crippen molar-refractivity contribution in [2.45, 2.75) is 0 Å². The molecule has 0 fully saturated rings. The first kappa shape index (κ1) is 16.9. The van der Waals surface area contributed by atoms with Crippen LogP contribution < -0.4 is 10.2 Å². The third-order valence-electron chi connectivity index (χ3n) is 3.72. The Morgan fingerprint density at radius 1 is 0.963 bits per heavy atom. The van der Waals surface area contributed by atoms with Crippen molar-refractivity contribution in [2.75, 3.05) is 5.43 Å². The molecule has 132 valence electrons. The van der Waals surface area contributed by atoms with Crippen molar-refractivity contribution in [1.29, 1.82) is 0 Å². The molecule has 0 radical (unpaired) electrons. The maximum atomic E-state index is 5.88. The standard InChI is InChI=1S/C21H16N4OS/c1-2-7-16(8-3-1)19-15-27-21(24-19)25-23-13-17-9-4-5-11-20(17)26-18-10-6-12-22-14-18/h1-15H,(H,24,25). The van der Waals surface area contributed by atoms with Gasteiger partial charge in [-0.2, -0.15) is 5.10 Å². The minimum atomic E-state index is 0.679. The normalized spacial score (nSPS) is 10.8. The highest BCUT2D eigenvalue weighted by Crippen LogP contribution is 2.25. The molecule has 2 aromatic heterocycles. The van der Waals surface area contributed by atoms with Gasteiger partial charge < -0.3 is 4.74 Å². The molecule has 0 aliphatic rings. The van der Waals surface area contributed by atoms with Gasteiger partial charge in [0, 0.05) is 22.7 Å². The summed E-state index contributed by atoms with van der Waals surface area (Å²) in [6.45, 7) is 0. The molecule has 0 atom stereocenters. The van der Waals surface area contributed by atoms with Crippen molar-refractivity contribution >= 4 is 22.7 Å². The highest BCUT2D eigenvalue weighted by Gasteiger charge is 2.04. The molecule has 1 N–H and O–H groups in total. The Morgan fingerprint density at radius 3 is 2.67 bits per heavy atom. The molecular weight excluding hydrogens is 356 g/mol. The van der Waals surface area contributed by atoms with E-state index in [-0.39, 0.29) is 0 Å². The van der Waals surface area contributed by atoms with Crippen LogP contribution in [0.2, 0.25) is 0 Å². The van der Waals surface area contributed by atoms with Crippen molar-refractivity contribution < 1.29 is 4.74 Å². The summed E-state index contributed by atoms with van der Waals surface area (Å²) >= 11 is 1.51. The minimum absolute atomic E-state index is 0.679. The largest absolute Gasteiger partial charge is 0.455 e. The summed E-state index contributed by atoms with van der Waals surface area (Å²) in [5, 5.41) is 7.04. The number of anilines is 1. The van der Waals surface area contributed by atoms with Crippen molar-refractivity contribution in [3.8, 4) is 22.8 Å². The maximum Gasteiger partial charge on any atom is 0.203 e. The summed E-state index contributed by atoms with van der Waals surface area (Å²) in [6, 6.07) is 21.4. The molecule has 0 unspecified atom stereocenters. The van der Waals surface area contributed by atoms with Gasteiger partial charge in [0.15, 0.2) is 0 Å². The van der Waals surface area contributed by atoms with Crippen LogP contribution in [-0.4, -0.2) is 16.2 Å². The van der Waals surface area contributed by atoms with E-state index in [1.165, 1.54) is 11.3 Å². The van der Waals surface area contributed by atoms with Gasteiger partial charge in [-0.05, 0) is 24.3 Å². The fourth-order valence-electron chi connectivity index (χ4n) is 2.44. The Bertz CT molecular complexity index is 1030. The third kappa shape index (κ3) is 4.37. The summed E-state index contributed by atoms with van der Waals surface area (Å²) in [4.78, 5) is 8.62. The van der Waals surface area contributed by atoms with Gasteiger partial charge >= 0.3 is 0 Å². The van der Waals surface area contributed by atoms with Crippen LogP contribution in [0.15, 0.2) is 89.6 Å². The van der Waals surface area contributed by atoms with Gasteiger partial charge in [0.05, 0.1) is 18.1 Å². The number of para-hydroxylation sites is 1. The fourth-order valence-corrected chi connectivity index (χ4v) is 3.11. The predicted octanol–water partition coefficient (Wildman–Crippen LogP) is 5.44. The number of aromatic nitrogens is 2. The zero-order valence-corrected chi connectivity index (χ0v) is 15.1. The second kappa shape index (κ2) is 8.25. The number of hydrogen-bond acceptors (Lipinski definition) is 6. The van der Waals surface area contributed by atoms with Crippen LogP contribution in [0.5, 0.6) is 11.5 Å². The van der Waals surface area contributed by atoms with Gasteiger partial charge in [0.2, 0.25) is 5.13 Å². The predicted molar refractivity (Wildman–Crippen MR) is 110 cm³/mol. The fraction of sp³-hybridized carbons (Fsp3) is 0. The average molecular weight is 372 g/mol. The summed E-state index contributed by atoms with van der Waals surface area (Å²) < 4.78 is 5.88. The summed E-state index contributed by atoms with van der Waals surface area (Å²) in [5.74, 6) is 1.39. The molecule has 6 heteroatoms. The summed E-state index contributed by atoms with van der Waals surface area (Å²) in [5.41, 5.74) is 5.85. The van der Waals surface area contributed by atoms with Crippen LogP contribution in [0.1, 0.15) is 5.56 Å². The smallest absolute Gasteiger partial charge is 0.203 e. The molecule has 0 saturated heterocycles. The number of hydrogen-bond donors (Lipinski definition) is 1. The molecular formula is C21H16N4OS. The number of thiazole rings is 1. The molecule has 4 aromatic rings. The molecule has 0 aliphatic heterocycles. The molecule has 0 spiro atoms. The number of benzene rings is 2. The molecule has 0 aliphatic carbocycles. The van der Waals surface area contributed by atoms with E-state index in [4.69, 9.17) is 4.74 Å². The van der Waals surface area contributed by atoms with Crippen LogP contribution >= 0.6 is 11.3 Å². The molecule has 0 saturated carbocycles. The van der Waals surface area contributed by atoms with Crippen LogP contribution in [0.25, 0.3) is 11.3 Å². The average Bonchev–Trinajstić information content (AvgIpc) is 3.20. The molecule has 0 bridgehead atoms. The molecule has 2 heterocycles. The first-order chi connectivity index (χ1) is 13.4. The second-order valence-electron chi connectivity index (χ2n) is 5.60. The Kier molecular flexibility index (Phi) is 5.17. The van der Waals surface area contributed by atoms with Crippen molar-refractivity contribution in [3.63, 3.8) is 0 Å². The Balaban J connectivity index is 1.46. The number of hydrazone groups is 1. The number of nitrogens with zero attached hydrogens (tertiary/aromatic N) is 3. The topological polar surface area (TPSA) is 59.4 Å². The van der Waals surface area contributed by atoms with E-state index in [0.29, 0.717) is 11.5 Å². The van der Waals surface area contributed by atoms with E-state index >= 15 is 0 Å². The molecule has 4 rings (SSSR count). The van der Waals surface area contributed by atoms with Gasteiger partial charge in [0.1, 0.15) is 11.5 Å². The quantitative estimate of drug-likeness (QED) is 0.361. The van der Waals surface area contributed by atoms with E-state index in [2.05, 4.69) is 20.5 Å². The van der Waals surface area contributed by atoms with Gasteiger partial charge in [-0.3, -0.25) is 10.4 Å². The lowest BCUT2D eigenvalue weighted by molar-refractivity contribution is 0.479. The molecule has 27 heavy (non-hydrogen) atoms. The number of rotatable bonds is 6. The van der Waals surface area contributed by atoms with Crippen LogP contribution in [0.3, 0.4) is 0 Å². The zero-order chi connectivity index (χ0) is 18.3. The van der Waals surface area contributed by atoms with Gasteiger partial charge in [0.25, 0.3) is 0 Å². The van der Waals surface area contributed by atoms with Gasteiger partial charge in [-0.1, -0.05) is 42.5 Å². The third-order valence-corrected chi connectivity index (χ3v) is 4.47. The van der Waals surface area contributed by atoms with Crippen LogP contribution in [-0.2, 0) is 0 Å².